The van der Waals surface area contributed by atoms with E-state index in [2.05, 4.69) is 29.4 Å². The summed E-state index contributed by atoms with van der Waals surface area (Å²) in [6, 6.07) is 8.18. The molecule has 6 heteroatoms. The second-order valence-electron chi connectivity index (χ2n) is 6.54. The van der Waals surface area contributed by atoms with Gasteiger partial charge in [-0.25, -0.2) is 4.79 Å². The number of nitrogens with two attached hydrogens (primary N) is 1. The van der Waals surface area contributed by atoms with Gasteiger partial charge in [0.15, 0.2) is 0 Å². The molecule has 1 atom stereocenters. The Morgan fingerprint density at radius 1 is 1.19 bits per heavy atom. The number of benzene rings is 1. The van der Waals surface area contributed by atoms with Crippen LogP contribution in [-0.2, 0) is 9.47 Å². The summed E-state index contributed by atoms with van der Waals surface area (Å²) >= 11 is 0. The zero-order valence-electron chi connectivity index (χ0n) is 16.9. The standard InChI is InChI=1S/C19H30N2O3.CH5N/c1-5-20(14-16(4)21-10-12-23-13-11-21)18-8-6-17(7-9-18)19(22)24-15(2)3;1-2/h6-9,15-16H,5,10-14H2,1-4H3;2H2,1H3. The summed E-state index contributed by atoms with van der Waals surface area (Å²) in [6.45, 7) is 13.7. The Labute approximate surface area is 158 Å². The number of hydrogen-bond donors (Lipinski definition) is 1. The molecule has 0 amide bonds. The molecule has 1 aromatic carbocycles. The third-order valence-electron chi connectivity index (χ3n) is 4.35. The summed E-state index contributed by atoms with van der Waals surface area (Å²) in [5.41, 5.74) is 6.24. The van der Waals surface area contributed by atoms with Crippen LogP contribution in [0.4, 0.5) is 5.69 Å². The van der Waals surface area contributed by atoms with Crippen molar-refractivity contribution in [3.05, 3.63) is 29.8 Å². The average molecular weight is 366 g/mol. The summed E-state index contributed by atoms with van der Waals surface area (Å²) in [7, 11) is 1.50. The number of carbonyl (C=O) groups is 1. The lowest BCUT2D eigenvalue weighted by atomic mass is 10.1. The highest BCUT2D eigenvalue weighted by molar-refractivity contribution is 5.89. The molecule has 0 aliphatic carbocycles. The molecule has 6 nitrogen and oxygen atoms in total. The monoisotopic (exact) mass is 365 g/mol. The lowest BCUT2D eigenvalue weighted by molar-refractivity contribution is 0.0216. The Bertz CT molecular complexity index is 514. The van der Waals surface area contributed by atoms with Crippen LogP contribution in [-0.4, -0.2) is 69.5 Å². The van der Waals surface area contributed by atoms with Crippen molar-refractivity contribution in [3.8, 4) is 0 Å². The van der Waals surface area contributed by atoms with E-state index in [1.54, 1.807) is 0 Å². The van der Waals surface area contributed by atoms with Gasteiger partial charge in [-0.3, -0.25) is 4.90 Å². The fourth-order valence-corrected chi connectivity index (χ4v) is 2.96. The highest BCUT2D eigenvalue weighted by Crippen LogP contribution is 2.18. The normalized spacial score (nSPS) is 15.8. The maximum atomic E-state index is 11.9. The van der Waals surface area contributed by atoms with Gasteiger partial charge in [-0.15, -0.1) is 0 Å². The molecule has 148 valence electrons. The smallest absolute Gasteiger partial charge is 0.338 e. The first-order valence-corrected chi connectivity index (χ1v) is 9.46. The van der Waals surface area contributed by atoms with E-state index in [1.807, 2.05) is 38.1 Å². The van der Waals surface area contributed by atoms with Crippen molar-refractivity contribution in [1.82, 2.24) is 4.90 Å². The van der Waals surface area contributed by atoms with Gasteiger partial charge in [-0.1, -0.05) is 0 Å². The zero-order valence-corrected chi connectivity index (χ0v) is 16.9. The Hall–Kier alpha value is -1.63. The lowest BCUT2D eigenvalue weighted by Crippen LogP contribution is -2.47. The van der Waals surface area contributed by atoms with Crippen LogP contribution in [0.2, 0.25) is 0 Å². The predicted molar refractivity (Wildman–Crippen MR) is 107 cm³/mol. The van der Waals surface area contributed by atoms with Crippen LogP contribution < -0.4 is 10.6 Å². The Balaban J connectivity index is 0.00000163. The molecule has 1 saturated heterocycles. The Morgan fingerprint density at radius 2 is 1.77 bits per heavy atom. The number of hydrogen-bond acceptors (Lipinski definition) is 6. The molecule has 2 N–H and O–H groups in total. The first-order chi connectivity index (χ1) is 12.5. The second kappa shape index (κ2) is 11.9. The van der Waals surface area contributed by atoms with E-state index in [-0.39, 0.29) is 12.1 Å². The lowest BCUT2D eigenvalue weighted by Gasteiger charge is -2.36. The largest absolute Gasteiger partial charge is 0.459 e. The Morgan fingerprint density at radius 3 is 2.27 bits per heavy atom. The van der Waals surface area contributed by atoms with Crippen molar-refractivity contribution in [1.29, 1.82) is 0 Å². The minimum absolute atomic E-state index is 0.0984. The van der Waals surface area contributed by atoms with E-state index in [0.717, 1.165) is 45.1 Å². The van der Waals surface area contributed by atoms with Gasteiger partial charge in [0.2, 0.25) is 0 Å². The second-order valence-corrected chi connectivity index (χ2v) is 6.54. The van der Waals surface area contributed by atoms with Crippen LogP contribution in [0.1, 0.15) is 38.1 Å². The summed E-state index contributed by atoms with van der Waals surface area (Å²) in [5, 5.41) is 0. The number of rotatable bonds is 7. The molecular weight excluding hydrogens is 330 g/mol. The van der Waals surface area contributed by atoms with Gasteiger partial charge in [0, 0.05) is 37.9 Å². The van der Waals surface area contributed by atoms with E-state index in [4.69, 9.17) is 9.47 Å². The maximum absolute atomic E-state index is 11.9. The van der Waals surface area contributed by atoms with Crippen LogP contribution in [0.5, 0.6) is 0 Å². The van der Waals surface area contributed by atoms with Crippen LogP contribution in [0.3, 0.4) is 0 Å². The molecule has 0 saturated carbocycles. The van der Waals surface area contributed by atoms with Crippen molar-refractivity contribution in [3.63, 3.8) is 0 Å². The summed E-state index contributed by atoms with van der Waals surface area (Å²) in [6.07, 6.45) is -0.0984. The molecule has 1 fully saturated rings. The van der Waals surface area contributed by atoms with Crippen molar-refractivity contribution < 1.29 is 14.3 Å². The molecule has 0 radical (unpaired) electrons. The number of ether oxygens (including phenoxy) is 2. The quantitative estimate of drug-likeness (QED) is 0.748. The number of carbonyl (C=O) groups excluding carboxylic acids is 1. The van der Waals surface area contributed by atoms with Crippen LogP contribution in [0.15, 0.2) is 24.3 Å². The van der Waals surface area contributed by atoms with E-state index < -0.39 is 0 Å². The summed E-state index contributed by atoms with van der Waals surface area (Å²) < 4.78 is 10.7. The molecule has 1 aliphatic heterocycles. The van der Waals surface area contributed by atoms with Crippen molar-refractivity contribution >= 4 is 11.7 Å². The number of esters is 1. The predicted octanol–water partition coefficient (Wildman–Crippen LogP) is 2.37. The van der Waals surface area contributed by atoms with Gasteiger partial charge in [0.1, 0.15) is 0 Å². The Kier molecular flexibility index (Phi) is 10.2. The van der Waals surface area contributed by atoms with Gasteiger partial charge < -0.3 is 20.1 Å². The molecule has 0 bridgehead atoms. The SMILES string of the molecule is CCN(CC(C)N1CCOCC1)c1ccc(C(=O)OC(C)C)cc1.CN. The topological polar surface area (TPSA) is 68.0 Å². The molecule has 2 rings (SSSR count). The highest BCUT2D eigenvalue weighted by atomic mass is 16.5. The fourth-order valence-electron chi connectivity index (χ4n) is 2.96. The molecular formula is C20H35N3O3. The summed E-state index contributed by atoms with van der Waals surface area (Å²) in [5.74, 6) is -0.263. The molecule has 1 aliphatic rings. The van der Waals surface area contributed by atoms with Crippen molar-refractivity contribution in [2.24, 2.45) is 5.73 Å². The first kappa shape index (κ1) is 22.4. The first-order valence-electron chi connectivity index (χ1n) is 9.46. The van der Waals surface area contributed by atoms with Crippen LogP contribution >= 0.6 is 0 Å². The minimum Gasteiger partial charge on any atom is -0.459 e. The van der Waals surface area contributed by atoms with E-state index >= 15 is 0 Å². The van der Waals surface area contributed by atoms with E-state index in [9.17, 15) is 4.79 Å². The minimum atomic E-state index is -0.263. The van der Waals surface area contributed by atoms with Gasteiger partial charge in [-0.2, -0.15) is 0 Å². The third-order valence-corrected chi connectivity index (χ3v) is 4.35. The van der Waals surface area contributed by atoms with Gasteiger partial charge in [-0.05, 0) is 59.0 Å². The summed E-state index contributed by atoms with van der Waals surface area (Å²) in [4.78, 5) is 16.8. The highest BCUT2D eigenvalue weighted by Gasteiger charge is 2.19. The van der Waals surface area contributed by atoms with Crippen LogP contribution in [0.25, 0.3) is 0 Å². The molecule has 1 heterocycles. The van der Waals surface area contributed by atoms with Crippen molar-refractivity contribution in [2.75, 3.05) is 51.3 Å². The number of anilines is 1. The molecule has 1 aromatic rings. The number of nitrogens with zero attached hydrogens (tertiary/aromatic N) is 2. The van der Waals surface area contributed by atoms with Crippen molar-refractivity contribution in [2.45, 2.75) is 39.8 Å². The maximum Gasteiger partial charge on any atom is 0.338 e. The molecule has 0 spiro atoms. The number of likely N-dealkylation sites (N-methyl/N-ethyl adjacent to an activating group) is 1. The van der Waals surface area contributed by atoms with Gasteiger partial charge in [0.25, 0.3) is 0 Å². The fraction of sp³-hybridized carbons (Fsp3) is 0.650. The van der Waals surface area contributed by atoms with E-state index in [1.165, 1.54) is 7.05 Å². The molecule has 1 unspecified atom stereocenters. The number of morpholine rings is 1. The molecule has 26 heavy (non-hydrogen) atoms. The third kappa shape index (κ3) is 6.94. The zero-order chi connectivity index (χ0) is 19.5. The molecule has 0 aromatic heterocycles. The van der Waals surface area contributed by atoms with E-state index in [0.29, 0.717) is 11.6 Å². The average Bonchev–Trinajstić information content (AvgIpc) is 2.68. The van der Waals surface area contributed by atoms with Crippen LogP contribution in [0, 0.1) is 0 Å². The van der Waals surface area contributed by atoms with Gasteiger partial charge >= 0.3 is 5.97 Å². The van der Waals surface area contributed by atoms with Gasteiger partial charge in [0.05, 0.1) is 24.9 Å².